The molecule has 2 aromatic heterocycles. The Bertz CT molecular complexity index is 895. The molecule has 3 aromatic rings. The van der Waals surface area contributed by atoms with Crippen LogP contribution in [-0.2, 0) is 0 Å². The Kier molecular flexibility index (Phi) is 5.59. The lowest BCUT2D eigenvalue weighted by atomic mass is 10.2. The minimum atomic E-state index is -0.241. The van der Waals surface area contributed by atoms with Gasteiger partial charge >= 0.3 is 0 Å². The average molecular weight is 413 g/mol. The van der Waals surface area contributed by atoms with Crippen LogP contribution >= 0.6 is 46.1 Å². The number of anilines is 1. The predicted molar refractivity (Wildman–Crippen MR) is 104 cm³/mol. The lowest BCUT2D eigenvalue weighted by Crippen LogP contribution is -2.30. The highest BCUT2D eigenvalue weighted by Crippen LogP contribution is 2.38. The molecule has 4 nitrogen and oxygen atoms in total. The molecule has 0 unspecified atom stereocenters. The topological polar surface area (TPSA) is 46.1 Å². The van der Waals surface area contributed by atoms with Gasteiger partial charge < -0.3 is 0 Å². The third-order valence-electron chi connectivity index (χ3n) is 3.39. The highest BCUT2D eigenvalue weighted by molar-refractivity contribution is 7.19. The number of aromatic nitrogens is 2. The van der Waals surface area contributed by atoms with Crippen molar-refractivity contribution in [3.05, 3.63) is 63.5 Å². The zero-order chi connectivity index (χ0) is 18.0. The van der Waals surface area contributed by atoms with Crippen molar-refractivity contribution in [1.82, 2.24) is 9.97 Å². The van der Waals surface area contributed by atoms with Gasteiger partial charge in [0.2, 0.25) is 0 Å². The van der Waals surface area contributed by atoms with Gasteiger partial charge in [0.1, 0.15) is 10.0 Å². The number of amides is 1. The Labute approximate surface area is 164 Å². The van der Waals surface area contributed by atoms with E-state index in [0.717, 1.165) is 5.56 Å². The average Bonchev–Trinajstić information content (AvgIpc) is 2.97. The van der Waals surface area contributed by atoms with E-state index < -0.39 is 0 Å². The molecule has 2 heterocycles. The van der Waals surface area contributed by atoms with Gasteiger partial charge in [0.15, 0.2) is 5.15 Å². The number of nitrogens with zero attached hydrogens (tertiary/aromatic N) is 3. The van der Waals surface area contributed by atoms with Crippen LogP contribution in [0.4, 0.5) is 5.00 Å². The molecule has 3 rings (SSSR count). The quantitative estimate of drug-likeness (QED) is 0.541. The minimum Gasteiger partial charge on any atom is -0.297 e. The summed E-state index contributed by atoms with van der Waals surface area (Å²) in [5.41, 5.74) is 1.24. The fourth-order valence-electron chi connectivity index (χ4n) is 2.29. The zero-order valence-electron chi connectivity index (χ0n) is 13.0. The number of pyridine rings is 1. The summed E-state index contributed by atoms with van der Waals surface area (Å²) in [6.07, 6.45) is 3.39. The summed E-state index contributed by atoms with van der Waals surface area (Å²) in [4.78, 5) is 22.9. The van der Waals surface area contributed by atoms with Crippen LogP contribution < -0.4 is 4.90 Å². The number of rotatable bonds is 4. The summed E-state index contributed by atoms with van der Waals surface area (Å²) < 4.78 is 0. The van der Waals surface area contributed by atoms with Crippen molar-refractivity contribution in [3.63, 3.8) is 0 Å². The Morgan fingerprint density at radius 2 is 1.92 bits per heavy atom. The van der Waals surface area contributed by atoms with Crippen LogP contribution in [-0.4, -0.2) is 22.4 Å². The number of hydrogen-bond acceptors (Lipinski definition) is 4. The third kappa shape index (κ3) is 3.96. The first-order valence-electron chi connectivity index (χ1n) is 7.34. The molecule has 1 aromatic carbocycles. The Morgan fingerprint density at radius 3 is 2.52 bits per heavy atom. The van der Waals surface area contributed by atoms with Crippen molar-refractivity contribution in [1.29, 1.82) is 0 Å². The summed E-state index contributed by atoms with van der Waals surface area (Å²) in [6, 6.07) is 8.45. The van der Waals surface area contributed by atoms with E-state index in [-0.39, 0.29) is 11.1 Å². The van der Waals surface area contributed by atoms with Gasteiger partial charge in [0.05, 0.1) is 0 Å². The number of thiazole rings is 1. The highest BCUT2D eigenvalue weighted by atomic mass is 35.5. The Hall–Kier alpha value is -1.66. The summed E-state index contributed by atoms with van der Waals surface area (Å²) in [5.74, 6) is -0.241. The van der Waals surface area contributed by atoms with Crippen LogP contribution in [0.3, 0.4) is 0 Å². The number of carbonyl (C=O) groups excluding carboxylic acids is 1. The number of halogens is 3. The lowest BCUT2D eigenvalue weighted by Gasteiger charge is -2.19. The molecule has 25 heavy (non-hydrogen) atoms. The molecular formula is C17H12Cl3N3OS. The molecule has 0 aliphatic carbocycles. The molecule has 0 saturated heterocycles. The van der Waals surface area contributed by atoms with Gasteiger partial charge in [-0.15, -0.1) is 0 Å². The van der Waals surface area contributed by atoms with Crippen LogP contribution in [0.1, 0.15) is 17.3 Å². The molecule has 8 heteroatoms. The van der Waals surface area contributed by atoms with Crippen molar-refractivity contribution < 1.29 is 4.79 Å². The molecule has 0 N–H and O–H groups in total. The number of benzene rings is 1. The van der Waals surface area contributed by atoms with Crippen molar-refractivity contribution in [2.45, 2.75) is 6.92 Å². The van der Waals surface area contributed by atoms with Gasteiger partial charge in [-0.3, -0.25) is 14.7 Å². The standard InChI is InChI=1S/C17H12Cl3N3OS/c1-2-23(16(24)11-6-12(18)8-13(19)7-11)17-14(20)22-15(25-17)10-4-3-5-21-9-10/h3-9H,2H2,1H3. The maximum absolute atomic E-state index is 12.9. The maximum atomic E-state index is 12.9. The first-order valence-corrected chi connectivity index (χ1v) is 9.29. The van der Waals surface area contributed by atoms with Gasteiger partial charge in [-0.25, -0.2) is 4.98 Å². The fraction of sp³-hybridized carbons (Fsp3) is 0.118. The maximum Gasteiger partial charge on any atom is 0.259 e. The summed E-state index contributed by atoms with van der Waals surface area (Å²) in [7, 11) is 0. The van der Waals surface area contributed by atoms with Crippen molar-refractivity contribution >= 4 is 57.0 Å². The van der Waals surface area contributed by atoms with E-state index >= 15 is 0 Å². The predicted octanol–water partition coefficient (Wildman–Crippen LogP) is 5.83. The Morgan fingerprint density at radius 1 is 1.20 bits per heavy atom. The van der Waals surface area contributed by atoms with Gasteiger partial charge in [-0.1, -0.05) is 46.1 Å². The molecule has 128 valence electrons. The van der Waals surface area contributed by atoms with Crippen molar-refractivity contribution in [2.75, 3.05) is 11.4 Å². The van der Waals surface area contributed by atoms with E-state index in [1.807, 2.05) is 19.1 Å². The van der Waals surface area contributed by atoms with Gasteiger partial charge in [0.25, 0.3) is 5.91 Å². The second-order valence-corrected chi connectivity index (χ2v) is 7.27. The monoisotopic (exact) mass is 411 g/mol. The van der Waals surface area contributed by atoms with Gasteiger partial charge in [-0.2, -0.15) is 0 Å². The second-order valence-electron chi connectivity index (χ2n) is 5.06. The molecular weight excluding hydrogens is 401 g/mol. The summed E-state index contributed by atoms with van der Waals surface area (Å²) in [6.45, 7) is 2.29. The number of carbonyl (C=O) groups is 1. The van der Waals surface area contributed by atoms with Crippen LogP contribution in [0.5, 0.6) is 0 Å². The zero-order valence-corrected chi connectivity index (χ0v) is 16.1. The van der Waals surface area contributed by atoms with Crippen LogP contribution in [0.25, 0.3) is 10.6 Å². The highest BCUT2D eigenvalue weighted by Gasteiger charge is 2.23. The SMILES string of the molecule is CCN(C(=O)c1cc(Cl)cc(Cl)c1)c1sc(-c2cccnc2)nc1Cl. The molecule has 0 atom stereocenters. The van der Waals surface area contributed by atoms with E-state index in [0.29, 0.717) is 32.2 Å². The van der Waals surface area contributed by atoms with E-state index in [2.05, 4.69) is 9.97 Å². The van der Waals surface area contributed by atoms with E-state index in [1.165, 1.54) is 11.3 Å². The molecule has 0 bridgehead atoms. The first kappa shape index (κ1) is 18.1. The molecule has 0 radical (unpaired) electrons. The van der Waals surface area contributed by atoms with E-state index in [4.69, 9.17) is 34.8 Å². The molecule has 0 spiro atoms. The summed E-state index contributed by atoms with van der Waals surface area (Å²) >= 11 is 19.6. The number of hydrogen-bond donors (Lipinski definition) is 0. The van der Waals surface area contributed by atoms with E-state index in [9.17, 15) is 4.79 Å². The molecule has 0 fully saturated rings. The second kappa shape index (κ2) is 7.70. The normalized spacial score (nSPS) is 10.7. The van der Waals surface area contributed by atoms with Crippen LogP contribution in [0.2, 0.25) is 15.2 Å². The van der Waals surface area contributed by atoms with E-state index in [1.54, 1.807) is 35.5 Å². The van der Waals surface area contributed by atoms with Crippen LogP contribution in [0, 0.1) is 0 Å². The van der Waals surface area contributed by atoms with Crippen molar-refractivity contribution in [3.8, 4) is 10.6 Å². The fourth-order valence-corrected chi connectivity index (χ4v) is 4.17. The summed E-state index contributed by atoms with van der Waals surface area (Å²) in [5, 5.41) is 2.34. The first-order chi connectivity index (χ1) is 12.0. The molecule has 1 amide bonds. The van der Waals surface area contributed by atoms with Crippen LogP contribution in [0.15, 0.2) is 42.7 Å². The Balaban J connectivity index is 1.98. The third-order valence-corrected chi connectivity index (χ3v) is 5.33. The van der Waals surface area contributed by atoms with Gasteiger partial charge in [-0.05, 0) is 37.3 Å². The van der Waals surface area contributed by atoms with Crippen molar-refractivity contribution in [2.24, 2.45) is 0 Å². The minimum absolute atomic E-state index is 0.241. The molecule has 0 aliphatic rings. The molecule has 0 saturated carbocycles. The smallest absolute Gasteiger partial charge is 0.259 e. The largest absolute Gasteiger partial charge is 0.297 e. The van der Waals surface area contributed by atoms with Gasteiger partial charge in [0, 0.05) is 40.1 Å². The lowest BCUT2D eigenvalue weighted by molar-refractivity contribution is 0.0989. The molecule has 0 aliphatic heterocycles.